The van der Waals surface area contributed by atoms with Gasteiger partial charge in [0.25, 0.3) is 0 Å². The third-order valence-electron chi connectivity index (χ3n) is 5.04. The van der Waals surface area contributed by atoms with Crippen LogP contribution in [0.1, 0.15) is 31.9 Å². The highest BCUT2D eigenvalue weighted by Gasteiger charge is 2.44. The van der Waals surface area contributed by atoms with Crippen LogP contribution in [0.5, 0.6) is 0 Å². The molecule has 2 N–H and O–H groups in total. The minimum Gasteiger partial charge on any atom is -0.329 e. The maximum Gasteiger partial charge on any atom is 0.0476 e. The molecule has 1 aliphatic rings. The first-order valence-corrected chi connectivity index (χ1v) is 7.67. The topological polar surface area (TPSA) is 32.5 Å². The molecule has 20 heavy (non-hydrogen) atoms. The lowest BCUT2D eigenvalue weighted by molar-refractivity contribution is 0.0921. The Morgan fingerprint density at radius 1 is 1.50 bits per heavy atom. The summed E-state index contributed by atoms with van der Waals surface area (Å²) in [5, 5.41) is 0.832. The van der Waals surface area contributed by atoms with Crippen LogP contribution in [-0.2, 0) is 0 Å². The number of hydrogen-bond acceptors (Lipinski definition) is 3. The Hall–Kier alpha value is -0.610. The third kappa shape index (κ3) is 2.73. The molecule has 1 aromatic rings. The zero-order valence-electron chi connectivity index (χ0n) is 12.9. The smallest absolute Gasteiger partial charge is 0.0476 e. The van der Waals surface area contributed by atoms with Crippen LogP contribution in [0.3, 0.4) is 0 Å². The standard InChI is InChI=1S/C16H26ClN3/c1-12-9-16(10-18,11-19(12)3)20(4)13(2)14-7-5-6-8-15(14)17/h5-8,12-13H,9-11,18H2,1-4H3. The van der Waals surface area contributed by atoms with Crippen LogP contribution in [0.2, 0.25) is 5.02 Å². The van der Waals surface area contributed by atoms with Crippen molar-refractivity contribution >= 4 is 11.6 Å². The zero-order chi connectivity index (χ0) is 14.9. The van der Waals surface area contributed by atoms with Gasteiger partial charge in [-0.1, -0.05) is 29.8 Å². The molecular formula is C16H26ClN3. The van der Waals surface area contributed by atoms with Gasteiger partial charge in [-0.3, -0.25) is 4.90 Å². The summed E-state index contributed by atoms with van der Waals surface area (Å²) in [6.45, 7) is 6.16. The number of likely N-dealkylation sites (tertiary alicyclic amines) is 1. The first kappa shape index (κ1) is 15.8. The minimum atomic E-state index is 0.0345. The molecule has 1 aliphatic heterocycles. The second-order valence-corrected chi connectivity index (χ2v) is 6.61. The van der Waals surface area contributed by atoms with Crippen LogP contribution in [-0.4, -0.2) is 48.6 Å². The van der Waals surface area contributed by atoms with Gasteiger partial charge in [-0.15, -0.1) is 0 Å². The van der Waals surface area contributed by atoms with Crippen LogP contribution in [0, 0.1) is 0 Å². The summed E-state index contributed by atoms with van der Waals surface area (Å²) in [6.07, 6.45) is 1.10. The van der Waals surface area contributed by atoms with Crippen molar-refractivity contribution in [3.8, 4) is 0 Å². The Balaban J connectivity index is 2.26. The Kier molecular flexibility index (Phi) is 4.75. The third-order valence-corrected chi connectivity index (χ3v) is 5.38. The van der Waals surface area contributed by atoms with Gasteiger partial charge in [-0.05, 0) is 46.0 Å². The van der Waals surface area contributed by atoms with Crippen LogP contribution < -0.4 is 5.73 Å². The lowest BCUT2D eigenvalue weighted by Gasteiger charge is -2.42. The maximum absolute atomic E-state index is 6.35. The van der Waals surface area contributed by atoms with E-state index in [2.05, 4.69) is 43.8 Å². The molecule has 0 radical (unpaired) electrons. The van der Waals surface area contributed by atoms with Crippen LogP contribution >= 0.6 is 11.6 Å². The summed E-state index contributed by atoms with van der Waals surface area (Å²) in [5.74, 6) is 0. The lowest BCUT2D eigenvalue weighted by atomic mass is 9.91. The van der Waals surface area contributed by atoms with Crippen LogP contribution in [0.4, 0.5) is 0 Å². The van der Waals surface area contributed by atoms with E-state index in [1.165, 1.54) is 5.56 Å². The Labute approximate surface area is 127 Å². The molecule has 0 bridgehead atoms. The number of nitrogens with zero attached hydrogens (tertiary/aromatic N) is 2. The highest BCUT2D eigenvalue weighted by atomic mass is 35.5. The van der Waals surface area contributed by atoms with E-state index in [4.69, 9.17) is 17.3 Å². The van der Waals surface area contributed by atoms with Crippen molar-refractivity contribution < 1.29 is 0 Å². The number of nitrogens with two attached hydrogens (primary N) is 1. The number of hydrogen-bond donors (Lipinski definition) is 1. The summed E-state index contributed by atoms with van der Waals surface area (Å²) in [6, 6.07) is 8.91. The number of likely N-dealkylation sites (N-methyl/N-ethyl adjacent to an activating group) is 2. The van der Waals surface area contributed by atoms with Gasteiger partial charge in [0.2, 0.25) is 0 Å². The highest BCUT2D eigenvalue weighted by molar-refractivity contribution is 6.31. The Bertz CT molecular complexity index is 453. The van der Waals surface area contributed by atoms with Gasteiger partial charge in [0, 0.05) is 35.7 Å². The summed E-state index contributed by atoms with van der Waals surface area (Å²) < 4.78 is 0. The van der Waals surface area contributed by atoms with Crippen molar-refractivity contribution in [1.29, 1.82) is 0 Å². The predicted molar refractivity (Wildman–Crippen MR) is 86.1 cm³/mol. The molecule has 1 fully saturated rings. The van der Waals surface area contributed by atoms with Crippen molar-refractivity contribution in [2.75, 3.05) is 27.2 Å². The van der Waals surface area contributed by atoms with Crippen molar-refractivity contribution in [2.45, 2.75) is 37.9 Å². The molecular weight excluding hydrogens is 270 g/mol. The van der Waals surface area contributed by atoms with E-state index in [0.29, 0.717) is 12.6 Å². The van der Waals surface area contributed by atoms with Crippen molar-refractivity contribution in [1.82, 2.24) is 9.80 Å². The second kappa shape index (κ2) is 6.02. The largest absolute Gasteiger partial charge is 0.329 e. The second-order valence-electron chi connectivity index (χ2n) is 6.21. The van der Waals surface area contributed by atoms with Gasteiger partial charge in [0.05, 0.1) is 0 Å². The van der Waals surface area contributed by atoms with Crippen molar-refractivity contribution in [3.63, 3.8) is 0 Å². The fraction of sp³-hybridized carbons (Fsp3) is 0.625. The summed E-state index contributed by atoms with van der Waals surface area (Å²) in [7, 11) is 4.35. The van der Waals surface area contributed by atoms with Gasteiger partial charge in [-0.2, -0.15) is 0 Å². The Morgan fingerprint density at radius 3 is 2.65 bits per heavy atom. The quantitative estimate of drug-likeness (QED) is 0.927. The molecule has 0 spiro atoms. The molecule has 3 unspecified atom stereocenters. The molecule has 1 heterocycles. The maximum atomic E-state index is 6.35. The minimum absolute atomic E-state index is 0.0345. The molecule has 0 aliphatic carbocycles. The molecule has 112 valence electrons. The van der Waals surface area contributed by atoms with Gasteiger partial charge >= 0.3 is 0 Å². The zero-order valence-corrected chi connectivity index (χ0v) is 13.7. The molecule has 1 aromatic carbocycles. The molecule has 2 rings (SSSR count). The molecule has 1 saturated heterocycles. The first-order valence-electron chi connectivity index (χ1n) is 7.29. The average Bonchev–Trinajstić information content (AvgIpc) is 2.74. The van der Waals surface area contributed by atoms with Crippen LogP contribution in [0.25, 0.3) is 0 Å². The highest BCUT2D eigenvalue weighted by Crippen LogP contribution is 2.36. The van der Waals surface area contributed by atoms with Gasteiger partial charge in [-0.25, -0.2) is 0 Å². The molecule has 0 aromatic heterocycles. The van der Waals surface area contributed by atoms with E-state index in [1.807, 2.05) is 18.2 Å². The van der Waals surface area contributed by atoms with E-state index in [-0.39, 0.29) is 11.6 Å². The van der Waals surface area contributed by atoms with Crippen molar-refractivity contribution in [2.24, 2.45) is 5.73 Å². The average molecular weight is 296 g/mol. The van der Waals surface area contributed by atoms with Crippen molar-refractivity contribution in [3.05, 3.63) is 34.9 Å². The molecule has 0 saturated carbocycles. The predicted octanol–water partition coefficient (Wildman–Crippen LogP) is 2.75. The van der Waals surface area contributed by atoms with E-state index in [1.54, 1.807) is 0 Å². The summed E-state index contributed by atoms with van der Waals surface area (Å²) >= 11 is 6.35. The number of benzene rings is 1. The SMILES string of the molecule is CC1CC(CN)(N(C)C(C)c2ccccc2Cl)CN1C. The number of halogens is 1. The van der Waals surface area contributed by atoms with E-state index in [0.717, 1.165) is 18.0 Å². The van der Waals surface area contributed by atoms with Crippen LogP contribution in [0.15, 0.2) is 24.3 Å². The summed E-state index contributed by atoms with van der Waals surface area (Å²) in [5.41, 5.74) is 7.35. The van der Waals surface area contributed by atoms with E-state index < -0.39 is 0 Å². The van der Waals surface area contributed by atoms with Gasteiger partial charge < -0.3 is 10.6 Å². The molecule has 0 amide bonds. The molecule has 3 atom stereocenters. The van der Waals surface area contributed by atoms with E-state index in [9.17, 15) is 0 Å². The van der Waals surface area contributed by atoms with Gasteiger partial charge in [0.1, 0.15) is 0 Å². The summed E-state index contributed by atoms with van der Waals surface area (Å²) in [4.78, 5) is 4.80. The normalized spacial score (nSPS) is 29.1. The number of rotatable bonds is 4. The molecule has 3 nitrogen and oxygen atoms in total. The molecule has 4 heteroatoms. The fourth-order valence-electron chi connectivity index (χ4n) is 3.37. The Morgan fingerprint density at radius 2 is 2.15 bits per heavy atom. The fourth-order valence-corrected chi connectivity index (χ4v) is 3.66. The van der Waals surface area contributed by atoms with E-state index >= 15 is 0 Å². The van der Waals surface area contributed by atoms with Gasteiger partial charge in [0.15, 0.2) is 0 Å². The lowest BCUT2D eigenvalue weighted by Crippen LogP contribution is -2.54. The first-order chi connectivity index (χ1) is 9.41. The monoisotopic (exact) mass is 295 g/mol.